The molecule has 1 aromatic heterocycles. The van der Waals surface area contributed by atoms with Gasteiger partial charge in [-0.25, -0.2) is 4.98 Å². The van der Waals surface area contributed by atoms with Crippen LogP contribution in [0.4, 0.5) is 19.1 Å². The van der Waals surface area contributed by atoms with E-state index in [4.69, 9.17) is 0 Å². The van der Waals surface area contributed by atoms with E-state index >= 15 is 0 Å². The Labute approximate surface area is 168 Å². The highest BCUT2D eigenvalue weighted by Gasteiger charge is 2.48. The third-order valence-electron chi connectivity index (χ3n) is 5.95. The topological polar surface area (TPSA) is 67.2 Å². The molecule has 5 nitrogen and oxygen atoms in total. The zero-order chi connectivity index (χ0) is 21.8. The second kappa shape index (κ2) is 6.72. The van der Waals surface area contributed by atoms with Crippen LogP contribution < -0.4 is 5.32 Å². The molecule has 1 aliphatic carbocycles. The lowest BCUT2D eigenvalue weighted by atomic mass is 9.78. The predicted octanol–water partition coefficient (Wildman–Crippen LogP) is 5.08. The lowest BCUT2D eigenvalue weighted by Gasteiger charge is -2.41. The van der Waals surface area contributed by atoms with Crippen LogP contribution in [0.3, 0.4) is 0 Å². The molecule has 0 unspecified atom stereocenters. The van der Waals surface area contributed by atoms with Crippen molar-refractivity contribution in [3.05, 3.63) is 23.8 Å². The number of anilines is 1. The van der Waals surface area contributed by atoms with Crippen LogP contribution in [-0.2, 0) is 15.9 Å². The Morgan fingerprint density at radius 3 is 2.34 bits per heavy atom. The quantitative estimate of drug-likeness (QED) is 0.721. The number of alkyl halides is 3. The van der Waals surface area contributed by atoms with E-state index in [2.05, 4.69) is 10.3 Å². The summed E-state index contributed by atoms with van der Waals surface area (Å²) in [6, 6.07) is 5.36. The first-order chi connectivity index (χ1) is 13.1. The molecule has 0 spiro atoms. The number of hydrogen-bond donors (Lipinski definition) is 2. The Balaban J connectivity index is 2.01. The number of aromatic nitrogens is 2. The first kappa shape index (κ1) is 21.6. The molecule has 8 heteroatoms. The summed E-state index contributed by atoms with van der Waals surface area (Å²) in [5.41, 5.74) is -1.40. The smallest absolute Gasteiger partial charge is 0.386 e. The Morgan fingerprint density at radius 1 is 1.24 bits per heavy atom. The number of nitrogens with one attached hydrogen (secondary N) is 1. The van der Waals surface area contributed by atoms with Crippen molar-refractivity contribution in [3.8, 4) is 0 Å². The van der Waals surface area contributed by atoms with Crippen LogP contribution in [0.2, 0.25) is 0 Å². The number of nitrogens with zero attached hydrogens (tertiary/aromatic N) is 2. The van der Waals surface area contributed by atoms with Gasteiger partial charge in [0, 0.05) is 12.0 Å². The van der Waals surface area contributed by atoms with Crippen LogP contribution in [0.15, 0.2) is 18.2 Å². The lowest BCUT2D eigenvalue weighted by molar-refractivity contribution is -0.213. The Hall–Kier alpha value is -2.09. The third-order valence-corrected chi connectivity index (χ3v) is 5.95. The molecule has 0 bridgehead atoms. The van der Waals surface area contributed by atoms with Crippen LogP contribution >= 0.6 is 0 Å². The van der Waals surface area contributed by atoms with Gasteiger partial charge in [0.05, 0.1) is 22.0 Å². The van der Waals surface area contributed by atoms with E-state index in [-0.39, 0.29) is 11.5 Å². The molecule has 0 saturated heterocycles. The van der Waals surface area contributed by atoms with E-state index in [1.165, 1.54) is 0 Å². The van der Waals surface area contributed by atoms with Crippen molar-refractivity contribution in [2.75, 3.05) is 5.32 Å². The van der Waals surface area contributed by atoms with Gasteiger partial charge in [-0.1, -0.05) is 19.9 Å². The molecule has 2 N–H and O–H groups in total. The molecule has 1 aromatic carbocycles. The molecule has 29 heavy (non-hydrogen) atoms. The maximum absolute atomic E-state index is 13.2. The average Bonchev–Trinajstić information content (AvgIpc) is 2.87. The fourth-order valence-electron chi connectivity index (χ4n) is 3.67. The summed E-state index contributed by atoms with van der Waals surface area (Å²) in [5, 5.41) is 13.0. The SMILES string of the molecule is CC(C)(O)c1ccc2nc(NC(=O)CC(C)(C)C(F)(F)F)n(C3(C)CCC3)c2c1. The van der Waals surface area contributed by atoms with Crippen LogP contribution in [0, 0.1) is 5.41 Å². The number of benzene rings is 1. The number of carbonyl (C=O) groups is 1. The van der Waals surface area contributed by atoms with Crippen molar-refractivity contribution in [1.82, 2.24) is 9.55 Å². The maximum Gasteiger partial charge on any atom is 0.394 e. The maximum atomic E-state index is 13.2. The third kappa shape index (κ3) is 3.99. The molecule has 2 aromatic rings. The standard InChI is InChI=1S/C21H28F3N3O2/c1-18(2,21(22,23)24)12-16(28)26-17-25-14-8-7-13(19(3,4)29)11-15(14)27(17)20(5)9-6-10-20/h7-8,11,29H,6,9-10,12H2,1-5H3,(H,25,26,28). The van der Waals surface area contributed by atoms with Gasteiger partial charge in [0.25, 0.3) is 0 Å². The minimum Gasteiger partial charge on any atom is -0.386 e. The summed E-state index contributed by atoms with van der Waals surface area (Å²) in [4.78, 5) is 16.9. The number of aliphatic hydroxyl groups is 1. The van der Waals surface area contributed by atoms with Crippen molar-refractivity contribution < 1.29 is 23.1 Å². The summed E-state index contributed by atoms with van der Waals surface area (Å²) in [7, 11) is 0. The van der Waals surface area contributed by atoms with Crippen molar-refractivity contribution in [1.29, 1.82) is 0 Å². The number of imidazole rings is 1. The predicted molar refractivity (Wildman–Crippen MR) is 106 cm³/mol. The summed E-state index contributed by atoms with van der Waals surface area (Å²) >= 11 is 0. The van der Waals surface area contributed by atoms with Gasteiger partial charge in [0.2, 0.25) is 11.9 Å². The van der Waals surface area contributed by atoms with Gasteiger partial charge in [-0.05, 0) is 57.7 Å². The van der Waals surface area contributed by atoms with Crippen LogP contribution in [0.5, 0.6) is 0 Å². The molecule has 1 aliphatic rings. The molecular formula is C21H28F3N3O2. The Kier molecular flexibility index (Phi) is 5.01. The van der Waals surface area contributed by atoms with Crippen molar-refractivity contribution in [2.45, 2.75) is 77.6 Å². The minimum atomic E-state index is -4.48. The largest absolute Gasteiger partial charge is 0.394 e. The minimum absolute atomic E-state index is 0.248. The van der Waals surface area contributed by atoms with Crippen LogP contribution in [-0.4, -0.2) is 26.7 Å². The molecule has 0 atom stereocenters. The zero-order valence-corrected chi connectivity index (χ0v) is 17.4. The van der Waals surface area contributed by atoms with Gasteiger partial charge in [-0.3, -0.25) is 10.1 Å². The van der Waals surface area contributed by atoms with E-state index in [9.17, 15) is 23.1 Å². The first-order valence-corrected chi connectivity index (χ1v) is 9.76. The average molecular weight is 411 g/mol. The summed E-state index contributed by atoms with van der Waals surface area (Å²) in [6.07, 6.45) is -2.39. The van der Waals surface area contributed by atoms with Crippen molar-refractivity contribution in [2.24, 2.45) is 5.41 Å². The molecule has 1 amide bonds. The summed E-state index contributed by atoms with van der Waals surface area (Å²) in [6.45, 7) is 7.43. The van der Waals surface area contributed by atoms with E-state index in [1.807, 2.05) is 17.6 Å². The first-order valence-electron chi connectivity index (χ1n) is 9.76. The number of hydrogen-bond acceptors (Lipinski definition) is 3. The van der Waals surface area contributed by atoms with E-state index in [0.29, 0.717) is 11.1 Å². The monoisotopic (exact) mass is 411 g/mol. The number of fused-ring (bicyclic) bond motifs is 1. The molecule has 0 aliphatic heterocycles. The number of rotatable bonds is 5. The fourth-order valence-corrected chi connectivity index (χ4v) is 3.67. The lowest BCUT2D eigenvalue weighted by Crippen LogP contribution is -2.39. The zero-order valence-electron chi connectivity index (χ0n) is 17.4. The Bertz CT molecular complexity index is 935. The fraction of sp³-hybridized carbons (Fsp3) is 0.619. The van der Waals surface area contributed by atoms with Gasteiger partial charge in [-0.2, -0.15) is 13.2 Å². The normalized spacial score (nSPS) is 17.3. The summed E-state index contributed by atoms with van der Waals surface area (Å²) < 4.78 is 41.4. The summed E-state index contributed by atoms with van der Waals surface area (Å²) in [5.74, 6) is -0.479. The second-order valence-corrected chi connectivity index (χ2v) is 9.49. The Morgan fingerprint density at radius 2 is 1.86 bits per heavy atom. The molecule has 160 valence electrons. The number of amides is 1. The molecule has 1 fully saturated rings. The molecule has 3 rings (SSSR count). The van der Waals surface area contributed by atoms with E-state index in [0.717, 1.165) is 38.6 Å². The van der Waals surface area contributed by atoms with Gasteiger partial charge >= 0.3 is 6.18 Å². The molecule has 0 radical (unpaired) electrons. The van der Waals surface area contributed by atoms with Crippen molar-refractivity contribution in [3.63, 3.8) is 0 Å². The van der Waals surface area contributed by atoms with Gasteiger partial charge in [0.1, 0.15) is 0 Å². The molecule has 1 saturated carbocycles. The second-order valence-electron chi connectivity index (χ2n) is 9.49. The highest BCUT2D eigenvalue weighted by molar-refractivity contribution is 5.92. The van der Waals surface area contributed by atoms with E-state index < -0.39 is 29.5 Å². The van der Waals surface area contributed by atoms with Crippen LogP contribution in [0.1, 0.15) is 65.9 Å². The van der Waals surface area contributed by atoms with Crippen molar-refractivity contribution >= 4 is 22.9 Å². The van der Waals surface area contributed by atoms with Gasteiger partial charge in [-0.15, -0.1) is 0 Å². The molecular weight excluding hydrogens is 383 g/mol. The highest BCUT2D eigenvalue weighted by atomic mass is 19.4. The van der Waals surface area contributed by atoms with Gasteiger partial charge < -0.3 is 9.67 Å². The molecule has 1 heterocycles. The van der Waals surface area contributed by atoms with E-state index in [1.54, 1.807) is 26.0 Å². The number of halogens is 3. The number of carbonyl (C=O) groups excluding carboxylic acids is 1. The van der Waals surface area contributed by atoms with Crippen LogP contribution in [0.25, 0.3) is 11.0 Å². The highest BCUT2D eigenvalue weighted by Crippen LogP contribution is 2.44. The van der Waals surface area contributed by atoms with Gasteiger partial charge in [0.15, 0.2) is 0 Å².